The summed E-state index contributed by atoms with van der Waals surface area (Å²) < 4.78 is 0. The van der Waals surface area contributed by atoms with Gasteiger partial charge in [-0.15, -0.1) is 22.7 Å². The van der Waals surface area contributed by atoms with Crippen molar-refractivity contribution in [1.29, 1.82) is 0 Å². The minimum Gasteiger partial charge on any atom is -0.481 e. The standard InChI is InChI=1S/C11H12N2O2S2/c1-7-2-3-9(17-7)5-12-11-13-8(6-16-11)4-10(14)15/h2-3,6H,4-5H2,1H3,(H,12,13)(H,14,15). The first-order chi connectivity index (χ1) is 8.13. The summed E-state index contributed by atoms with van der Waals surface area (Å²) in [7, 11) is 0. The van der Waals surface area contributed by atoms with Crippen molar-refractivity contribution in [3.05, 3.63) is 33.0 Å². The lowest BCUT2D eigenvalue weighted by Gasteiger charge is -1.98. The zero-order valence-electron chi connectivity index (χ0n) is 9.27. The van der Waals surface area contributed by atoms with Gasteiger partial charge in [0, 0.05) is 15.1 Å². The molecule has 0 aliphatic heterocycles. The molecule has 0 aliphatic carbocycles. The van der Waals surface area contributed by atoms with Crippen molar-refractivity contribution < 1.29 is 9.90 Å². The molecule has 0 saturated carbocycles. The van der Waals surface area contributed by atoms with Crippen LogP contribution >= 0.6 is 22.7 Å². The number of carboxylic acid groups (broad SMARTS) is 1. The van der Waals surface area contributed by atoms with Crippen LogP contribution in [0.3, 0.4) is 0 Å². The fourth-order valence-electron chi connectivity index (χ4n) is 1.37. The van der Waals surface area contributed by atoms with E-state index in [2.05, 4.69) is 29.4 Å². The van der Waals surface area contributed by atoms with E-state index in [0.29, 0.717) is 5.69 Å². The monoisotopic (exact) mass is 268 g/mol. The molecule has 2 aromatic heterocycles. The molecule has 0 unspecified atom stereocenters. The molecule has 0 saturated heterocycles. The highest BCUT2D eigenvalue weighted by Crippen LogP contribution is 2.19. The summed E-state index contributed by atoms with van der Waals surface area (Å²) in [4.78, 5) is 17.2. The van der Waals surface area contributed by atoms with E-state index in [1.165, 1.54) is 21.1 Å². The number of carboxylic acids is 1. The van der Waals surface area contributed by atoms with Crippen LogP contribution in [0.25, 0.3) is 0 Å². The minimum atomic E-state index is -0.851. The normalized spacial score (nSPS) is 10.4. The first kappa shape index (κ1) is 12.1. The van der Waals surface area contributed by atoms with Gasteiger partial charge >= 0.3 is 5.97 Å². The molecule has 0 amide bonds. The van der Waals surface area contributed by atoms with Gasteiger partial charge in [-0.2, -0.15) is 0 Å². The molecule has 17 heavy (non-hydrogen) atoms. The van der Waals surface area contributed by atoms with Gasteiger partial charge in [-0.1, -0.05) is 0 Å². The van der Waals surface area contributed by atoms with Crippen molar-refractivity contribution in [1.82, 2.24) is 4.98 Å². The number of nitrogens with zero attached hydrogens (tertiary/aromatic N) is 1. The number of carbonyl (C=O) groups is 1. The molecule has 0 aromatic carbocycles. The number of nitrogens with one attached hydrogen (secondary N) is 1. The predicted octanol–water partition coefficient (Wildman–Crippen LogP) is 2.75. The fourth-order valence-corrected chi connectivity index (χ4v) is 2.91. The number of aromatic nitrogens is 1. The van der Waals surface area contributed by atoms with Gasteiger partial charge in [0.25, 0.3) is 0 Å². The number of hydrogen-bond donors (Lipinski definition) is 2. The lowest BCUT2D eigenvalue weighted by Crippen LogP contribution is -2.01. The molecule has 2 aromatic rings. The van der Waals surface area contributed by atoms with Crippen molar-refractivity contribution in [2.45, 2.75) is 19.9 Å². The third-order valence-electron chi connectivity index (χ3n) is 2.09. The number of hydrogen-bond acceptors (Lipinski definition) is 5. The van der Waals surface area contributed by atoms with Gasteiger partial charge in [-0.3, -0.25) is 4.79 Å². The maximum absolute atomic E-state index is 10.5. The van der Waals surface area contributed by atoms with Crippen LogP contribution in [0.15, 0.2) is 17.5 Å². The molecule has 0 atom stereocenters. The van der Waals surface area contributed by atoms with Gasteiger partial charge < -0.3 is 10.4 Å². The zero-order valence-corrected chi connectivity index (χ0v) is 10.9. The average Bonchev–Trinajstić information content (AvgIpc) is 2.84. The number of aryl methyl sites for hydroxylation is 1. The topological polar surface area (TPSA) is 62.2 Å². The molecule has 6 heteroatoms. The highest BCUT2D eigenvalue weighted by Gasteiger charge is 2.06. The first-order valence-electron chi connectivity index (χ1n) is 5.09. The first-order valence-corrected chi connectivity index (χ1v) is 6.78. The maximum atomic E-state index is 10.5. The lowest BCUT2D eigenvalue weighted by molar-refractivity contribution is -0.136. The Morgan fingerprint density at radius 2 is 2.35 bits per heavy atom. The molecular weight excluding hydrogens is 256 g/mol. The van der Waals surface area contributed by atoms with Gasteiger partial charge in [0.1, 0.15) is 0 Å². The Labute approximate surface area is 107 Å². The molecule has 4 nitrogen and oxygen atoms in total. The van der Waals surface area contributed by atoms with Crippen molar-refractivity contribution in [2.75, 3.05) is 5.32 Å². The Hall–Kier alpha value is -1.40. The predicted molar refractivity (Wildman–Crippen MR) is 69.8 cm³/mol. The highest BCUT2D eigenvalue weighted by atomic mass is 32.1. The van der Waals surface area contributed by atoms with Crippen LogP contribution in [0.1, 0.15) is 15.4 Å². The summed E-state index contributed by atoms with van der Waals surface area (Å²) in [5, 5.41) is 14.4. The highest BCUT2D eigenvalue weighted by molar-refractivity contribution is 7.13. The van der Waals surface area contributed by atoms with Gasteiger partial charge in [0.2, 0.25) is 0 Å². The number of rotatable bonds is 5. The summed E-state index contributed by atoms with van der Waals surface area (Å²) in [6, 6.07) is 4.16. The quantitative estimate of drug-likeness (QED) is 0.875. The second-order valence-corrected chi connectivity index (χ2v) is 5.81. The van der Waals surface area contributed by atoms with Crippen molar-refractivity contribution in [2.24, 2.45) is 0 Å². The van der Waals surface area contributed by atoms with Crippen molar-refractivity contribution in [3.63, 3.8) is 0 Å². The Balaban J connectivity index is 1.91. The Kier molecular flexibility index (Phi) is 3.75. The van der Waals surface area contributed by atoms with E-state index in [9.17, 15) is 4.79 Å². The SMILES string of the molecule is Cc1ccc(CNc2nc(CC(=O)O)cs2)s1. The number of anilines is 1. The van der Waals surface area contributed by atoms with Gasteiger partial charge in [0.15, 0.2) is 5.13 Å². The van der Waals surface area contributed by atoms with Crippen LogP contribution in [0, 0.1) is 6.92 Å². The van der Waals surface area contributed by atoms with Crippen LogP contribution in [0.4, 0.5) is 5.13 Å². The number of thiazole rings is 1. The van der Waals surface area contributed by atoms with E-state index < -0.39 is 5.97 Å². The van der Waals surface area contributed by atoms with Gasteiger partial charge in [-0.25, -0.2) is 4.98 Å². The Morgan fingerprint density at radius 3 is 3.00 bits per heavy atom. The smallest absolute Gasteiger partial charge is 0.309 e. The van der Waals surface area contributed by atoms with E-state index in [1.54, 1.807) is 16.7 Å². The van der Waals surface area contributed by atoms with E-state index >= 15 is 0 Å². The van der Waals surface area contributed by atoms with Crippen LogP contribution < -0.4 is 5.32 Å². The fraction of sp³-hybridized carbons (Fsp3) is 0.273. The van der Waals surface area contributed by atoms with Crippen LogP contribution in [-0.4, -0.2) is 16.1 Å². The summed E-state index contributed by atoms with van der Waals surface area (Å²) >= 11 is 3.18. The van der Waals surface area contributed by atoms with Crippen molar-refractivity contribution >= 4 is 33.8 Å². The van der Waals surface area contributed by atoms with Crippen LogP contribution in [0.2, 0.25) is 0 Å². The number of thiophene rings is 1. The van der Waals surface area contributed by atoms with Crippen LogP contribution in [-0.2, 0) is 17.8 Å². The molecular formula is C11H12N2O2S2. The van der Waals surface area contributed by atoms with Crippen LogP contribution in [0.5, 0.6) is 0 Å². The zero-order chi connectivity index (χ0) is 12.3. The molecule has 0 fully saturated rings. The van der Waals surface area contributed by atoms with E-state index in [1.807, 2.05) is 0 Å². The third kappa shape index (κ3) is 3.54. The maximum Gasteiger partial charge on any atom is 0.309 e. The number of aliphatic carboxylic acids is 1. The van der Waals surface area contributed by atoms with Gasteiger partial charge in [0.05, 0.1) is 18.7 Å². The summed E-state index contributed by atoms with van der Waals surface area (Å²) in [6.45, 7) is 2.81. The lowest BCUT2D eigenvalue weighted by atomic mass is 10.3. The summed E-state index contributed by atoms with van der Waals surface area (Å²) in [6.07, 6.45) is -0.0176. The average molecular weight is 268 g/mol. The molecule has 0 radical (unpaired) electrons. The summed E-state index contributed by atoms with van der Waals surface area (Å²) in [5.74, 6) is -0.851. The Bertz CT molecular complexity index is 519. The summed E-state index contributed by atoms with van der Waals surface area (Å²) in [5.41, 5.74) is 0.604. The second kappa shape index (κ2) is 5.29. The van der Waals surface area contributed by atoms with E-state index in [4.69, 9.17) is 5.11 Å². The molecule has 0 bridgehead atoms. The third-order valence-corrected chi connectivity index (χ3v) is 3.94. The molecule has 2 rings (SSSR count). The largest absolute Gasteiger partial charge is 0.481 e. The molecule has 2 N–H and O–H groups in total. The van der Waals surface area contributed by atoms with E-state index in [-0.39, 0.29) is 6.42 Å². The molecule has 2 heterocycles. The second-order valence-electron chi connectivity index (χ2n) is 3.58. The minimum absolute atomic E-state index is 0.0176. The molecule has 90 valence electrons. The molecule has 0 spiro atoms. The van der Waals surface area contributed by atoms with Gasteiger partial charge in [-0.05, 0) is 19.1 Å². The van der Waals surface area contributed by atoms with E-state index in [0.717, 1.165) is 11.7 Å². The molecule has 0 aliphatic rings. The Morgan fingerprint density at radius 1 is 1.53 bits per heavy atom. The van der Waals surface area contributed by atoms with Crippen molar-refractivity contribution in [3.8, 4) is 0 Å².